The van der Waals surface area contributed by atoms with Gasteiger partial charge in [-0.25, -0.2) is 12.8 Å². The molecule has 0 aliphatic rings. The summed E-state index contributed by atoms with van der Waals surface area (Å²) in [5.41, 5.74) is 2.63. The lowest BCUT2D eigenvalue weighted by atomic mass is 10.0. The zero-order chi connectivity index (χ0) is 29.4. The number of benzene rings is 3. The minimum Gasteiger partial charge on any atom is -0.352 e. The Morgan fingerprint density at radius 2 is 1.68 bits per heavy atom. The monoisotopic (exact) mass is 587 g/mol. The molecule has 0 aromatic heterocycles. The molecule has 0 saturated carbocycles. The third-order valence-corrected chi connectivity index (χ3v) is 8.17. The molecule has 1 N–H and O–H groups in total. The van der Waals surface area contributed by atoms with Crippen molar-refractivity contribution in [2.24, 2.45) is 0 Å². The predicted molar refractivity (Wildman–Crippen MR) is 157 cm³/mol. The molecule has 0 heterocycles. The van der Waals surface area contributed by atoms with Crippen LogP contribution in [0.2, 0.25) is 5.02 Å². The van der Waals surface area contributed by atoms with Crippen molar-refractivity contribution in [1.29, 1.82) is 0 Å². The maximum Gasteiger partial charge on any atom is 0.244 e. The van der Waals surface area contributed by atoms with Crippen molar-refractivity contribution in [1.82, 2.24) is 10.2 Å². The van der Waals surface area contributed by atoms with E-state index in [1.165, 1.54) is 11.0 Å². The maximum atomic E-state index is 14.1. The smallest absolute Gasteiger partial charge is 0.244 e. The van der Waals surface area contributed by atoms with Gasteiger partial charge in [-0.1, -0.05) is 73.1 Å². The highest BCUT2D eigenvalue weighted by molar-refractivity contribution is 7.92. The number of halogens is 2. The van der Waals surface area contributed by atoms with Crippen LogP contribution in [0.15, 0.2) is 72.8 Å². The topological polar surface area (TPSA) is 86.8 Å². The highest BCUT2D eigenvalue weighted by Gasteiger charge is 2.33. The minimum absolute atomic E-state index is 0.0433. The van der Waals surface area contributed by atoms with Crippen molar-refractivity contribution in [3.05, 3.63) is 100 Å². The van der Waals surface area contributed by atoms with Crippen LogP contribution in [0.3, 0.4) is 0 Å². The van der Waals surface area contributed by atoms with Gasteiger partial charge in [-0.3, -0.25) is 13.9 Å². The Morgan fingerprint density at radius 1 is 1.02 bits per heavy atom. The molecule has 2 unspecified atom stereocenters. The molecule has 3 aromatic carbocycles. The van der Waals surface area contributed by atoms with E-state index in [4.69, 9.17) is 11.6 Å². The normalized spacial score (nSPS) is 12.8. The van der Waals surface area contributed by atoms with Crippen molar-refractivity contribution in [3.8, 4) is 0 Å². The molecular formula is C30H35ClFN3O4S. The summed E-state index contributed by atoms with van der Waals surface area (Å²) < 4.78 is 40.4. The summed E-state index contributed by atoms with van der Waals surface area (Å²) in [6.07, 6.45) is 1.88. The van der Waals surface area contributed by atoms with Crippen LogP contribution < -0.4 is 9.62 Å². The lowest BCUT2D eigenvalue weighted by molar-refractivity contribution is -0.140. The SMILES string of the molecule is CCC(C)NC(=O)C(Cc1ccccc1)N(Cc1ccccc1C)C(=O)CN(c1ccc(F)c(Cl)c1)S(C)(=O)=O. The van der Waals surface area contributed by atoms with E-state index in [9.17, 15) is 22.4 Å². The van der Waals surface area contributed by atoms with Gasteiger partial charge in [0.05, 0.1) is 17.0 Å². The van der Waals surface area contributed by atoms with E-state index >= 15 is 0 Å². The molecule has 0 bridgehead atoms. The number of nitrogens with zero attached hydrogens (tertiary/aromatic N) is 2. The minimum atomic E-state index is -3.98. The van der Waals surface area contributed by atoms with E-state index in [1.54, 1.807) is 0 Å². The van der Waals surface area contributed by atoms with Gasteiger partial charge in [-0.2, -0.15) is 0 Å². The first kappa shape index (κ1) is 31.1. The Balaban J connectivity index is 2.08. The lowest BCUT2D eigenvalue weighted by Gasteiger charge is -2.34. The first-order valence-corrected chi connectivity index (χ1v) is 15.2. The van der Waals surface area contributed by atoms with Gasteiger partial charge >= 0.3 is 0 Å². The Labute approximate surface area is 241 Å². The number of aryl methyl sites for hydroxylation is 1. The number of anilines is 1. The second-order valence-corrected chi connectivity index (χ2v) is 12.2. The van der Waals surface area contributed by atoms with Crippen molar-refractivity contribution < 1.29 is 22.4 Å². The second-order valence-electron chi connectivity index (χ2n) is 9.84. The van der Waals surface area contributed by atoms with Gasteiger partial charge in [0.1, 0.15) is 18.4 Å². The van der Waals surface area contributed by atoms with Gasteiger partial charge in [0.15, 0.2) is 0 Å². The Morgan fingerprint density at radius 3 is 2.27 bits per heavy atom. The van der Waals surface area contributed by atoms with Crippen molar-refractivity contribution in [3.63, 3.8) is 0 Å². The summed E-state index contributed by atoms with van der Waals surface area (Å²) in [5, 5.41) is 2.72. The Bertz CT molecular complexity index is 1440. The van der Waals surface area contributed by atoms with Gasteiger partial charge in [0, 0.05) is 19.0 Å². The first-order valence-electron chi connectivity index (χ1n) is 13.0. The van der Waals surface area contributed by atoms with E-state index in [1.807, 2.05) is 75.4 Å². The van der Waals surface area contributed by atoms with Gasteiger partial charge < -0.3 is 10.2 Å². The van der Waals surface area contributed by atoms with Crippen LogP contribution in [-0.4, -0.2) is 50.0 Å². The fourth-order valence-electron chi connectivity index (χ4n) is 4.22. The van der Waals surface area contributed by atoms with Crippen molar-refractivity contribution >= 4 is 39.1 Å². The fraction of sp³-hybridized carbons (Fsp3) is 0.333. The summed E-state index contributed by atoms with van der Waals surface area (Å²) in [6, 6.07) is 19.2. The molecule has 0 saturated heterocycles. The van der Waals surface area contributed by atoms with E-state index in [-0.39, 0.29) is 35.6 Å². The molecule has 7 nitrogen and oxygen atoms in total. The molecule has 2 atom stereocenters. The van der Waals surface area contributed by atoms with E-state index in [0.717, 1.165) is 39.4 Å². The van der Waals surface area contributed by atoms with Crippen LogP contribution in [0.5, 0.6) is 0 Å². The molecule has 0 aliphatic carbocycles. The molecule has 0 spiro atoms. The van der Waals surface area contributed by atoms with Crippen LogP contribution in [0, 0.1) is 12.7 Å². The van der Waals surface area contributed by atoms with Crippen LogP contribution in [0.25, 0.3) is 0 Å². The zero-order valence-electron chi connectivity index (χ0n) is 23.1. The zero-order valence-corrected chi connectivity index (χ0v) is 24.7. The van der Waals surface area contributed by atoms with Crippen molar-refractivity contribution in [2.45, 2.75) is 52.2 Å². The Kier molecular flexibility index (Phi) is 10.7. The van der Waals surface area contributed by atoms with Gasteiger partial charge in [-0.05, 0) is 55.2 Å². The largest absolute Gasteiger partial charge is 0.352 e. The molecule has 0 aliphatic heterocycles. The molecule has 0 fully saturated rings. The summed E-state index contributed by atoms with van der Waals surface area (Å²) in [5.74, 6) is -1.64. The molecule has 0 radical (unpaired) electrons. The number of amides is 2. The van der Waals surface area contributed by atoms with Gasteiger partial charge in [-0.15, -0.1) is 0 Å². The molecule has 2 amide bonds. The number of hydrogen-bond donors (Lipinski definition) is 1. The molecule has 40 heavy (non-hydrogen) atoms. The van der Waals surface area contributed by atoms with Gasteiger partial charge in [0.25, 0.3) is 0 Å². The first-order chi connectivity index (χ1) is 18.9. The number of sulfonamides is 1. The number of carbonyl (C=O) groups excluding carboxylic acids is 2. The van der Waals surface area contributed by atoms with Crippen molar-refractivity contribution in [2.75, 3.05) is 17.1 Å². The van der Waals surface area contributed by atoms with E-state index < -0.39 is 34.3 Å². The van der Waals surface area contributed by atoms with Crippen LogP contribution >= 0.6 is 11.6 Å². The third-order valence-electron chi connectivity index (χ3n) is 6.74. The lowest BCUT2D eigenvalue weighted by Crippen LogP contribution is -2.54. The maximum absolute atomic E-state index is 14.1. The molecule has 3 aromatic rings. The standard InChI is InChI=1S/C30H35ClFN3O4S/c1-5-22(3)33-30(37)28(17-23-12-7-6-8-13-23)34(19-24-14-10-9-11-21(24)2)29(36)20-35(40(4,38)39)25-15-16-27(32)26(31)18-25/h6-16,18,22,28H,5,17,19-20H2,1-4H3,(H,33,37). The van der Waals surface area contributed by atoms with E-state index in [2.05, 4.69) is 5.32 Å². The Hall–Kier alpha value is -3.43. The number of rotatable bonds is 12. The predicted octanol–water partition coefficient (Wildman–Crippen LogP) is 5.11. The average molecular weight is 588 g/mol. The third kappa shape index (κ3) is 8.29. The van der Waals surface area contributed by atoms with Gasteiger partial charge in [0.2, 0.25) is 21.8 Å². The highest BCUT2D eigenvalue weighted by atomic mass is 35.5. The molecule has 214 valence electrons. The molecule has 3 rings (SSSR count). The number of nitrogens with one attached hydrogen (secondary N) is 1. The van der Waals surface area contributed by atoms with Crippen LogP contribution in [0.4, 0.5) is 10.1 Å². The van der Waals surface area contributed by atoms with Crippen LogP contribution in [0.1, 0.15) is 37.0 Å². The summed E-state index contributed by atoms with van der Waals surface area (Å²) in [6.45, 7) is 5.22. The van der Waals surface area contributed by atoms with Crippen LogP contribution in [-0.2, 0) is 32.6 Å². The average Bonchev–Trinajstić information content (AvgIpc) is 2.91. The van der Waals surface area contributed by atoms with E-state index in [0.29, 0.717) is 6.42 Å². The molecular weight excluding hydrogens is 553 g/mol. The second kappa shape index (κ2) is 13.8. The summed E-state index contributed by atoms with van der Waals surface area (Å²) in [4.78, 5) is 29.2. The number of carbonyl (C=O) groups is 2. The fourth-order valence-corrected chi connectivity index (χ4v) is 5.24. The summed E-state index contributed by atoms with van der Waals surface area (Å²) in [7, 11) is -3.98. The number of hydrogen-bond acceptors (Lipinski definition) is 4. The molecule has 10 heteroatoms. The highest BCUT2D eigenvalue weighted by Crippen LogP contribution is 2.25. The summed E-state index contributed by atoms with van der Waals surface area (Å²) >= 11 is 5.93. The quantitative estimate of drug-likeness (QED) is 0.319.